The largest absolute Gasteiger partial charge is 0.380 e. The second-order valence-electron chi connectivity index (χ2n) is 4.32. The van der Waals surface area contributed by atoms with E-state index in [4.69, 9.17) is 16.3 Å². The van der Waals surface area contributed by atoms with Crippen LogP contribution in [0.5, 0.6) is 0 Å². The lowest BCUT2D eigenvalue weighted by Crippen LogP contribution is -2.41. The van der Waals surface area contributed by atoms with Gasteiger partial charge in [-0.3, -0.25) is 0 Å². The van der Waals surface area contributed by atoms with Crippen molar-refractivity contribution in [2.24, 2.45) is 5.92 Å². The zero-order valence-corrected chi connectivity index (χ0v) is 14.9. The molecule has 0 saturated heterocycles. The summed E-state index contributed by atoms with van der Waals surface area (Å²) >= 11 is 10.2. The van der Waals surface area contributed by atoms with Crippen LogP contribution in [-0.4, -0.2) is 27.7 Å². The maximum atomic E-state index is 12.2. The molecule has 1 unspecified atom stereocenters. The third kappa shape index (κ3) is 4.99. The summed E-state index contributed by atoms with van der Waals surface area (Å²) in [6.07, 6.45) is 0. The molecule has 8 heteroatoms. The highest BCUT2D eigenvalue weighted by Gasteiger charge is 2.25. The molecule has 19 heavy (non-hydrogen) atoms. The van der Waals surface area contributed by atoms with Crippen LogP contribution in [0.2, 0.25) is 5.02 Å². The summed E-state index contributed by atoms with van der Waals surface area (Å²) in [7, 11) is -3.56. The van der Waals surface area contributed by atoms with E-state index in [-0.39, 0.29) is 16.2 Å². The Labute approximate surface area is 131 Å². The van der Waals surface area contributed by atoms with Gasteiger partial charge in [0.1, 0.15) is 4.21 Å². The first-order chi connectivity index (χ1) is 8.77. The fourth-order valence-corrected chi connectivity index (χ4v) is 5.11. The van der Waals surface area contributed by atoms with Gasteiger partial charge in [-0.15, -0.1) is 11.3 Å². The van der Waals surface area contributed by atoms with Gasteiger partial charge in [0.15, 0.2) is 0 Å². The van der Waals surface area contributed by atoms with Crippen molar-refractivity contribution in [1.82, 2.24) is 4.72 Å². The van der Waals surface area contributed by atoms with E-state index < -0.39 is 10.0 Å². The molecular formula is C11H17BrClNO3S2. The van der Waals surface area contributed by atoms with E-state index in [9.17, 15) is 8.42 Å². The lowest BCUT2D eigenvalue weighted by Gasteiger charge is -2.21. The van der Waals surface area contributed by atoms with E-state index in [0.717, 1.165) is 11.3 Å². The minimum absolute atomic E-state index is 0.139. The molecule has 0 spiro atoms. The van der Waals surface area contributed by atoms with Crippen LogP contribution in [-0.2, 0) is 14.8 Å². The highest BCUT2D eigenvalue weighted by Crippen LogP contribution is 2.34. The molecular weight excluding hydrogens is 374 g/mol. The van der Waals surface area contributed by atoms with Crippen molar-refractivity contribution in [3.63, 3.8) is 0 Å². The van der Waals surface area contributed by atoms with Crippen molar-refractivity contribution in [3.05, 3.63) is 14.9 Å². The van der Waals surface area contributed by atoms with Crippen molar-refractivity contribution < 1.29 is 13.2 Å². The molecule has 1 rings (SSSR count). The van der Waals surface area contributed by atoms with E-state index in [1.807, 2.05) is 20.8 Å². The first-order valence-electron chi connectivity index (χ1n) is 5.82. The van der Waals surface area contributed by atoms with Gasteiger partial charge in [-0.2, -0.15) is 0 Å². The highest BCUT2D eigenvalue weighted by atomic mass is 79.9. The zero-order valence-electron chi connectivity index (χ0n) is 10.9. The number of rotatable bonds is 7. The molecule has 1 aromatic rings. The Kier molecular flexibility index (Phi) is 6.75. The molecule has 0 bridgehead atoms. The minimum atomic E-state index is -3.56. The Bertz CT molecular complexity index is 497. The quantitative estimate of drug-likeness (QED) is 0.775. The molecule has 1 heterocycles. The fraction of sp³-hybridized carbons (Fsp3) is 0.636. The van der Waals surface area contributed by atoms with Gasteiger partial charge in [0.2, 0.25) is 10.0 Å². The monoisotopic (exact) mass is 389 g/mol. The summed E-state index contributed by atoms with van der Waals surface area (Å²) in [5.74, 6) is 0.139. The number of ether oxygens (including phenoxy) is 1. The summed E-state index contributed by atoms with van der Waals surface area (Å²) in [4.78, 5) is 0. The van der Waals surface area contributed by atoms with Crippen LogP contribution in [0.25, 0.3) is 0 Å². The minimum Gasteiger partial charge on any atom is -0.380 e. The average molecular weight is 391 g/mol. The van der Waals surface area contributed by atoms with Gasteiger partial charge in [-0.1, -0.05) is 25.4 Å². The van der Waals surface area contributed by atoms with E-state index in [2.05, 4.69) is 20.7 Å². The number of hydrogen-bond acceptors (Lipinski definition) is 4. The van der Waals surface area contributed by atoms with Crippen molar-refractivity contribution >= 4 is 48.9 Å². The third-order valence-corrected chi connectivity index (χ3v) is 6.94. The molecule has 1 N–H and O–H groups in total. The Hall–Kier alpha value is 0.340. The van der Waals surface area contributed by atoms with Crippen LogP contribution < -0.4 is 4.72 Å². The lowest BCUT2D eigenvalue weighted by molar-refractivity contribution is 0.116. The van der Waals surface area contributed by atoms with E-state index in [1.165, 1.54) is 6.07 Å². The van der Waals surface area contributed by atoms with Gasteiger partial charge in [-0.25, -0.2) is 13.1 Å². The van der Waals surface area contributed by atoms with Crippen LogP contribution in [0.1, 0.15) is 20.8 Å². The van der Waals surface area contributed by atoms with Crippen molar-refractivity contribution in [1.29, 1.82) is 0 Å². The first-order valence-corrected chi connectivity index (χ1v) is 9.30. The van der Waals surface area contributed by atoms with Crippen molar-refractivity contribution in [2.75, 3.05) is 13.2 Å². The second kappa shape index (κ2) is 7.38. The van der Waals surface area contributed by atoms with Gasteiger partial charge < -0.3 is 4.74 Å². The number of sulfonamides is 1. The van der Waals surface area contributed by atoms with Crippen LogP contribution in [0, 0.1) is 5.92 Å². The Balaban J connectivity index is 2.87. The predicted octanol–water partition coefficient (Wildman–Crippen LogP) is 3.50. The van der Waals surface area contributed by atoms with Gasteiger partial charge in [-0.05, 0) is 34.8 Å². The van der Waals surface area contributed by atoms with Crippen LogP contribution in [0.15, 0.2) is 14.1 Å². The van der Waals surface area contributed by atoms with Gasteiger partial charge >= 0.3 is 0 Å². The van der Waals surface area contributed by atoms with Crippen molar-refractivity contribution in [3.8, 4) is 0 Å². The molecule has 0 aromatic carbocycles. The standard InChI is InChI=1S/C11H17BrClNO3S2/c1-4-17-6-9(7(2)3)14-19(15,16)10-5-8(13)11(12)18-10/h5,7,9,14H,4,6H2,1-3H3. The van der Waals surface area contributed by atoms with Gasteiger partial charge in [0.25, 0.3) is 0 Å². The molecule has 1 atom stereocenters. The second-order valence-corrected chi connectivity index (χ2v) is 9.04. The summed E-state index contributed by atoms with van der Waals surface area (Å²) in [5.41, 5.74) is 0. The first kappa shape index (κ1) is 17.4. The normalized spacial score (nSPS) is 14.0. The predicted molar refractivity (Wildman–Crippen MR) is 82.5 cm³/mol. The Morgan fingerprint density at radius 3 is 2.58 bits per heavy atom. The maximum absolute atomic E-state index is 12.2. The average Bonchev–Trinajstić information content (AvgIpc) is 2.65. The molecule has 0 saturated carbocycles. The third-order valence-electron chi connectivity index (χ3n) is 2.50. The molecule has 0 radical (unpaired) electrons. The van der Waals surface area contributed by atoms with E-state index >= 15 is 0 Å². The maximum Gasteiger partial charge on any atom is 0.250 e. The smallest absolute Gasteiger partial charge is 0.250 e. The molecule has 4 nitrogen and oxygen atoms in total. The molecule has 0 fully saturated rings. The molecule has 0 aliphatic rings. The molecule has 1 aromatic heterocycles. The SMILES string of the molecule is CCOCC(NS(=O)(=O)c1cc(Cl)c(Br)s1)C(C)C. The summed E-state index contributed by atoms with van der Waals surface area (Å²) in [5, 5.41) is 0.399. The molecule has 0 aliphatic heterocycles. The van der Waals surface area contributed by atoms with Crippen LogP contribution >= 0.6 is 38.9 Å². The molecule has 110 valence electrons. The highest BCUT2D eigenvalue weighted by molar-refractivity contribution is 9.11. The van der Waals surface area contributed by atoms with Crippen LogP contribution in [0.4, 0.5) is 0 Å². The number of hydrogen-bond donors (Lipinski definition) is 1. The summed E-state index contributed by atoms with van der Waals surface area (Å²) < 4.78 is 33.3. The molecule has 0 aliphatic carbocycles. The van der Waals surface area contributed by atoms with E-state index in [1.54, 1.807) is 0 Å². The topological polar surface area (TPSA) is 55.4 Å². The fourth-order valence-electron chi connectivity index (χ4n) is 1.32. The Morgan fingerprint density at radius 1 is 1.53 bits per heavy atom. The van der Waals surface area contributed by atoms with Crippen molar-refractivity contribution in [2.45, 2.75) is 31.0 Å². The van der Waals surface area contributed by atoms with Crippen LogP contribution in [0.3, 0.4) is 0 Å². The number of thiophene rings is 1. The number of halogens is 2. The summed E-state index contributed by atoms with van der Waals surface area (Å²) in [6, 6.07) is 1.18. The van der Waals surface area contributed by atoms with Gasteiger partial charge in [0, 0.05) is 12.6 Å². The summed E-state index contributed by atoms with van der Waals surface area (Å²) in [6.45, 7) is 6.68. The lowest BCUT2D eigenvalue weighted by atomic mass is 10.1. The Morgan fingerprint density at radius 2 is 2.16 bits per heavy atom. The van der Waals surface area contributed by atoms with Gasteiger partial charge in [0.05, 0.1) is 15.4 Å². The zero-order chi connectivity index (χ0) is 14.6. The number of nitrogens with one attached hydrogen (secondary N) is 1. The van der Waals surface area contributed by atoms with E-state index in [0.29, 0.717) is 22.0 Å². The molecule has 0 amide bonds.